The highest BCUT2D eigenvalue weighted by molar-refractivity contribution is 5.58. The molecule has 0 heterocycles. The van der Waals surface area contributed by atoms with Crippen molar-refractivity contribution in [1.82, 2.24) is 0 Å². The zero-order chi connectivity index (χ0) is 18.2. The fourth-order valence-corrected chi connectivity index (χ4v) is 4.11. The fraction of sp³-hybridized carbons (Fsp3) is 0.350. The van der Waals surface area contributed by atoms with Crippen molar-refractivity contribution in [1.29, 1.82) is 15.8 Å². The Hall–Kier alpha value is -3.10. The minimum absolute atomic E-state index is 0.0645. The highest BCUT2D eigenvalue weighted by Gasteiger charge is 2.52. The number of halogens is 1. The summed E-state index contributed by atoms with van der Waals surface area (Å²) in [4.78, 5) is 0. The van der Waals surface area contributed by atoms with Crippen LogP contribution in [0.1, 0.15) is 31.2 Å². The van der Waals surface area contributed by atoms with Crippen LogP contribution in [0, 0.1) is 57.1 Å². The molecular formula is C20H17FN4. The third kappa shape index (κ3) is 2.31. The van der Waals surface area contributed by atoms with Crippen LogP contribution in [-0.4, -0.2) is 0 Å². The minimum atomic E-state index is -1.64. The molecule has 124 valence electrons. The van der Waals surface area contributed by atoms with Gasteiger partial charge in [-0.25, -0.2) is 4.39 Å². The Morgan fingerprint density at radius 1 is 1.20 bits per heavy atom. The van der Waals surface area contributed by atoms with Crippen molar-refractivity contribution in [2.75, 3.05) is 0 Å². The number of rotatable bonds is 1. The van der Waals surface area contributed by atoms with Gasteiger partial charge in [0.1, 0.15) is 5.82 Å². The quantitative estimate of drug-likeness (QED) is 0.793. The van der Waals surface area contributed by atoms with Gasteiger partial charge in [0.2, 0.25) is 5.41 Å². The van der Waals surface area contributed by atoms with Gasteiger partial charge in [0.15, 0.2) is 0 Å². The van der Waals surface area contributed by atoms with E-state index in [1.54, 1.807) is 18.2 Å². The van der Waals surface area contributed by atoms with Gasteiger partial charge in [0.05, 0.1) is 29.5 Å². The van der Waals surface area contributed by atoms with E-state index in [0.29, 0.717) is 23.5 Å². The number of fused-ring (bicyclic) bond motifs is 1. The lowest BCUT2D eigenvalue weighted by Gasteiger charge is -2.43. The van der Waals surface area contributed by atoms with Gasteiger partial charge < -0.3 is 5.73 Å². The van der Waals surface area contributed by atoms with Crippen LogP contribution in [0.4, 0.5) is 4.39 Å². The lowest BCUT2D eigenvalue weighted by atomic mass is 9.57. The molecule has 0 radical (unpaired) electrons. The number of nitrogens with zero attached hydrogens (tertiary/aromatic N) is 3. The molecule has 0 aromatic heterocycles. The van der Waals surface area contributed by atoms with Crippen molar-refractivity contribution in [2.24, 2.45) is 23.0 Å². The van der Waals surface area contributed by atoms with Crippen LogP contribution in [0.5, 0.6) is 0 Å². The third-order valence-electron chi connectivity index (χ3n) is 5.33. The second kappa shape index (κ2) is 6.08. The first-order chi connectivity index (χ1) is 12.0. The first kappa shape index (κ1) is 16.7. The van der Waals surface area contributed by atoms with Crippen molar-refractivity contribution >= 4 is 0 Å². The molecule has 0 aliphatic heterocycles. The summed E-state index contributed by atoms with van der Waals surface area (Å²) in [6.07, 6.45) is 3.30. The maximum absolute atomic E-state index is 14.5. The minimum Gasteiger partial charge on any atom is -0.399 e. The van der Waals surface area contributed by atoms with Crippen molar-refractivity contribution < 1.29 is 4.39 Å². The zero-order valence-corrected chi connectivity index (χ0v) is 13.8. The molecule has 3 atom stereocenters. The van der Waals surface area contributed by atoms with E-state index >= 15 is 0 Å². The van der Waals surface area contributed by atoms with Crippen LogP contribution in [0.25, 0.3) is 0 Å². The van der Waals surface area contributed by atoms with Crippen molar-refractivity contribution in [3.05, 3.63) is 58.6 Å². The van der Waals surface area contributed by atoms with Gasteiger partial charge in [0, 0.05) is 5.92 Å². The van der Waals surface area contributed by atoms with Crippen LogP contribution in [0.2, 0.25) is 0 Å². The van der Waals surface area contributed by atoms with Crippen LogP contribution in [-0.2, 0) is 0 Å². The first-order valence-corrected chi connectivity index (χ1v) is 8.17. The topological polar surface area (TPSA) is 97.4 Å². The predicted molar refractivity (Wildman–Crippen MR) is 89.6 cm³/mol. The molecule has 2 aliphatic carbocycles. The zero-order valence-electron chi connectivity index (χ0n) is 13.8. The molecule has 0 saturated carbocycles. The predicted octanol–water partition coefficient (Wildman–Crippen LogP) is 3.67. The number of nitriles is 3. The number of hydrogen-bond donors (Lipinski definition) is 1. The Labute approximate surface area is 146 Å². The molecular weight excluding hydrogens is 315 g/mol. The summed E-state index contributed by atoms with van der Waals surface area (Å²) in [6, 6.07) is 12.4. The summed E-state index contributed by atoms with van der Waals surface area (Å²) in [7, 11) is 0. The molecule has 0 fully saturated rings. The normalized spacial score (nSPS) is 27.3. The molecule has 0 amide bonds. The van der Waals surface area contributed by atoms with E-state index in [9.17, 15) is 20.2 Å². The molecule has 0 saturated heterocycles. The van der Waals surface area contributed by atoms with Crippen molar-refractivity contribution in [3.8, 4) is 18.2 Å². The van der Waals surface area contributed by atoms with Gasteiger partial charge in [-0.2, -0.15) is 15.8 Å². The Balaban J connectivity index is 2.35. The first-order valence-electron chi connectivity index (χ1n) is 8.17. The average Bonchev–Trinajstić information content (AvgIpc) is 2.62. The third-order valence-corrected chi connectivity index (χ3v) is 5.33. The SMILES string of the molecule is C[C@H]1CC=C2[C@H](C1)[C@H](c1ccccc1F)C(C#N)=C(N)C2(C#N)C#N. The van der Waals surface area contributed by atoms with E-state index in [0.717, 1.165) is 6.42 Å². The summed E-state index contributed by atoms with van der Waals surface area (Å²) in [5, 5.41) is 29.2. The second-order valence-electron chi connectivity index (χ2n) is 6.75. The monoisotopic (exact) mass is 332 g/mol. The molecule has 4 nitrogen and oxygen atoms in total. The number of hydrogen-bond acceptors (Lipinski definition) is 4. The molecule has 2 aliphatic rings. The summed E-state index contributed by atoms with van der Waals surface area (Å²) in [5.41, 5.74) is 5.58. The van der Waals surface area contributed by atoms with Crippen LogP contribution < -0.4 is 5.73 Å². The molecule has 1 aromatic rings. The largest absolute Gasteiger partial charge is 0.399 e. The van der Waals surface area contributed by atoms with Crippen molar-refractivity contribution in [3.63, 3.8) is 0 Å². The summed E-state index contributed by atoms with van der Waals surface area (Å²) in [6.45, 7) is 2.07. The summed E-state index contributed by atoms with van der Waals surface area (Å²) >= 11 is 0. The fourth-order valence-electron chi connectivity index (χ4n) is 4.11. The maximum Gasteiger partial charge on any atom is 0.204 e. The van der Waals surface area contributed by atoms with Crippen LogP contribution >= 0.6 is 0 Å². The highest BCUT2D eigenvalue weighted by atomic mass is 19.1. The van der Waals surface area contributed by atoms with Gasteiger partial charge in [0.25, 0.3) is 0 Å². The smallest absolute Gasteiger partial charge is 0.204 e. The molecule has 3 rings (SSSR count). The Morgan fingerprint density at radius 3 is 2.48 bits per heavy atom. The number of allylic oxidation sites excluding steroid dienone is 3. The van der Waals surface area contributed by atoms with E-state index in [1.807, 2.05) is 18.2 Å². The van der Waals surface area contributed by atoms with E-state index in [2.05, 4.69) is 13.0 Å². The van der Waals surface area contributed by atoms with Gasteiger partial charge in [-0.15, -0.1) is 0 Å². The second-order valence-corrected chi connectivity index (χ2v) is 6.75. The van der Waals surface area contributed by atoms with Gasteiger partial charge in [-0.1, -0.05) is 31.2 Å². The molecule has 0 bridgehead atoms. The van der Waals surface area contributed by atoms with Crippen LogP contribution in [0.15, 0.2) is 47.2 Å². The molecule has 0 spiro atoms. The van der Waals surface area contributed by atoms with Gasteiger partial charge in [-0.05, 0) is 41.9 Å². The average molecular weight is 332 g/mol. The maximum atomic E-state index is 14.5. The van der Waals surface area contributed by atoms with E-state index in [1.165, 1.54) is 6.07 Å². The Bertz CT molecular complexity index is 893. The van der Waals surface area contributed by atoms with Crippen molar-refractivity contribution in [2.45, 2.75) is 25.7 Å². The van der Waals surface area contributed by atoms with E-state index in [-0.39, 0.29) is 17.2 Å². The van der Waals surface area contributed by atoms with Crippen LogP contribution in [0.3, 0.4) is 0 Å². The Morgan fingerprint density at radius 2 is 1.88 bits per heavy atom. The number of benzene rings is 1. The van der Waals surface area contributed by atoms with Gasteiger partial charge >= 0.3 is 0 Å². The summed E-state index contributed by atoms with van der Waals surface area (Å²) < 4.78 is 14.5. The lowest BCUT2D eigenvalue weighted by molar-refractivity contribution is 0.330. The van der Waals surface area contributed by atoms with Gasteiger partial charge in [-0.3, -0.25) is 0 Å². The standard InChI is InChI=1S/C20H17FN4/c1-12-6-7-16-14(8-12)18(13-4-2-3-5-17(13)21)15(9-22)19(25)20(16,10-23)11-24/h2-5,7,12,14,18H,6,8,25H2,1H3/t12-,14-,18-/m0/s1. The molecule has 25 heavy (non-hydrogen) atoms. The summed E-state index contributed by atoms with van der Waals surface area (Å²) in [5.74, 6) is -0.957. The van der Waals surface area contributed by atoms with E-state index < -0.39 is 17.2 Å². The van der Waals surface area contributed by atoms with E-state index in [4.69, 9.17) is 5.73 Å². The molecule has 2 N–H and O–H groups in total. The number of nitrogens with two attached hydrogens (primary N) is 1. The highest BCUT2D eigenvalue weighted by Crippen LogP contribution is 2.55. The molecule has 5 heteroatoms. The Kier molecular flexibility index (Phi) is 4.07. The molecule has 0 unspecified atom stereocenters. The molecule has 1 aromatic carbocycles. The lowest BCUT2D eigenvalue weighted by Crippen LogP contribution is -2.41.